The van der Waals surface area contributed by atoms with Crippen LogP contribution in [-0.2, 0) is 0 Å². The quantitative estimate of drug-likeness (QED) is 0.343. The molecule has 0 aliphatic rings. The van der Waals surface area contributed by atoms with E-state index in [9.17, 15) is 9.90 Å². The van der Waals surface area contributed by atoms with Crippen molar-refractivity contribution in [2.24, 2.45) is 0 Å². The van der Waals surface area contributed by atoms with E-state index in [-0.39, 0.29) is 11.5 Å². The van der Waals surface area contributed by atoms with Gasteiger partial charge in [0, 0.05) is 17.4 Å². The maximum atomic E-state index is 12.7. The predicted molar refractivity (Wildman–Crippen MR) is 106 cm³/mol. The third kappa shape index (κ3) is 4.16. The molecule has 3 rings (SSSR count). The van der Waals surface area contributed by atoms with Crippen molar-refractivity contribution in [1.82, 2.24) is 0 Å². The monoisotopic (exact) mass is 350 g/mol. The number of hydrogen-bond donors (Lipinski definition) is 1. The zero-order valence-corrected chi connectivity index (χ0v) is 15.3. The molecule has 1 N–H and O–H groups in total. The first-order valence-corrected chi connectivity index (χ1v) is 9.55. The zero-order chi connectivity index (χ0) is 18.4. The number of ketones is 1. The molecule has 0 radical (unpaired) electrons. The van der Waals surface area contributed by atoms with Crippen LogP contribution in [0.15, 0.2) is 52.9 Å². The van der Waals surface area contributed by atoms with Gasteiger partial charge in [-0.3, -0.25) is 4.79 Å². The Morgan fingerprint density at radius 3 is 2.54 bits per heavy atom. The van der Waals surface area contributed by atoms with E-state index in [1.807, 2.05) is 30.3 Å². The molecule has 0 bridgehead atoms. The van der Waals surface area contributed by atoms with Crippen LogP contribution in [0, 0.1) is 0 Å². The van der Waals surface area contributed by atoms with Gasteiger partial charge in [-0.05, 0) is 24.6 Å². The number of rotatable bonds is 9. The van der Waals surface area contributed by atoms with Crippen molar-refractivity contribution < 1.29 is 14.3 Å². The minimum atomic E-state index is 0.0619. The summed E-state index contributed by atoms with van der Waals surface area (Å²) in [5.74, 6) is 0.681. The highest BCUT2D eigenvalue weighted by Crippen LogP contribution is 2.36. The van der Waals surface area contributed by atoms with Crippen molar-refractivity contribution in [3.05, 3.63) is 54.1 Å². The van der Waals surface area contributed by atoms with Gasteiger partial charge >= 0.3 is 0 Å². The Bertz CT molecular complexity index is 843. The third-order valence-corrected chi connectivity index (χ3v) is 4.77. The Labute approximate surface area is 154 Å². The summed E-state index contributed by atoms with van der Waals surface area (Å²) in [4.78, 5) is 12.7. The van der Waals surface area contributed by atoms with Crippen LogP contribution >= 0.6 is 0 Å². The molecular formula is C23H26O3. The highest BCUT2D eigenvalue weighted by molar-refractivity contribution is 6.03. The van der Waals surface area contributed by atoms with Gasteiger partial charge in [-0.15, -0.1) is 0 Å². The predicted octanol–water partition coefficient (Wildman–Crippen LogP) is 6.74. The van der Waals surface area contributed by atoms with Gasteiger partial charge in [0.1, 0.15) is 17.1 Å². The number of unbranched alkanes of at least 4 members (excludes halogenated alkanes) is 5. The fourth-order valence-electron chi connectivity index (χ4n) is 3.34. The van der Waals surface area contributed by atoms with E-state index in [0.29, 0.717) is 23.3 Å². The highest BCUT2D eigenvalue weighted by Gasteiger charge is 2.19. The van der Waals surface area contributed by atoms with Gasteiger partial charge in [-0.1, -0.05) is 69.4 Å². The molecule has 0 spiro atoms. The van der Waals surface area contributed by atoms with Crippen molar-refractivity contribution in [3.63, 3.8) is 0 Å². The number of Topliss-reactive ketones (excluding diaryl/α,β-unsaturated/α-hetero) is 1. The van der Waals surface area contributed by atoms with E-state index < -0.39 is 0 Å². The van der Waals surface area contributed by atoms with E-state index in [1.54, 1.807) is 18.2 Å². The van der Waals surface area contributed by atoms with Crippen LogP contribution in [0.2, 0.25) is 0 Å². The van der Waals surface area contributed by atoms with Crippen LogP contribution in [-0.4, -0.2) is 10.9 Å². The second kappa shape index (κ2) is 8.70. The molecule has 0 amide bonds. The van der Waals surface area contributed by atoms with E-state index in [4.69, 9.17) is 4.42 Å². The van der Waals surface area contributed by atoms with E-state index >= 15 is 0 Å². The Balaban J connectivity index is 1.78. The second-order valence-electron chi connectivity index (χ2n) is 6.79. The van der Waals surface area contributed by atoms with Crippen molar-refractivity contribution in [2.75, 3.05) is 0 Å². The molecule has 0 fully saturated rings. The Hall–Kier alpha value is -2.55. The van der Waals surface area contributed by atoms with Gasteiger partial charge in [0.25, 0.3) is 0 Å². The maximum Gasteiger partial charge on any atom is 0.163 e. The van der Waals surface area contributed by atoms with Crippen LogP contribution in [0.4, 0.5) is 0 Å². The summed E-state index contributed by atoms with van der Waals surface area (Å²) in [7, 11) is 0. The molecule has 1 heterocycles. The lowest BCUT2D eigenvalue weighted by molar-refractivity contribution is 0.0979. The first-order chi connectivity index (χ1) is 12.7. The lowest BCUT2D eigenvalue weighted by Crippen LogP contribution is -2.01. The summed E-state index contributed by atoms with van der Waals surface area (Å²) in [6.07, 6.45) is 7.36. The zero-order valence-electron chi connectivity index (χ0n) is 15.3. The fraction of sp³-hybridized carbons (Fsp3) is 0.348. The molecule has 0 atom stereocenters. The van der Waals surface area contributed by atoms with Gasteiger partial charge in [0.15, 0.2) is 5.78 Å². The minimum Gasteiger partial charge on any atom is -0.507 e. The highest BCUT2D eigenvalue weighted by atomic mass is 16.3. The van der Waals surface area contributed by atoms with E-state index in [0.717, 1.165) is 23.8 Å². The number of para-hydroxylation sites is 1. The normalized spacial score (nSPS) is 11.1. The largest absolute Gasteiger partial charge is 0.507 e. The van der Waals surface area contributed by atoms with Gasteiger partial charge in [-0.2, -0.15) is 0 Å². The second-order valence-corrected chi connectivity index (χ2v) is 6.79. The summed E-state index contributed by atoms with van der Waals surface area (Å²) < 4.78 is 5.88. The van der Waals surface area contributed by atoms with Gasteiger partial charge < -0.3 is 9.52 Å². The number of fused-ring (bicyclic) bond motifs is 1. The summed E-state index contributed by atoms with van der Waals surface area (Å²) in [5.41, 5.74) is 1.79. The van der Waals surface area contributed by atoms with Crippen LogP contribution in [0.25, 0.3) is 22.3 Å². The Morgan fingerprint density at radius 2 is 1.73 bits per heavy atom. The van der Waals surface area contributed by atoms with Gasteiger partial charge in [0.2, 0.25) is 0 Å². The third-order valence-electron chi connectivity index (χ3n) is 4.77. The molecule has 1 aromatic heterocycles. The molecule has 0 aliphatic carbocycles. The number of hydrogen-bond acceptors (Lipinski definition) is 3. The number of aromatic hydroxyl groups is 1. The molecule has 136 valence electrons. The first kappa shape index (κ1) is 18.2. The lowest BCUT2D eigenvalue weighted by Gasteiger charge is -2.09. The van der Waals surface area contributed by atoms with Crippen molar-refractivity contribution >= 4 is 16.8 Å². The number of phenolic OH excluding ortho intramolecular Hbond substituents is 1. The van der Waals surface area contributed by atoms with E-state index in [1.165, 1.54) is 25.7 Å². The molecule has 0 saturated carbocycles. The molecule has 0 saturated heterocycles. The van der Waals surface area contributed by atoms with E-state index in [2.05, 4.69) is 6.92 Å². The Kier molecular flexibility index (Phi) is 6.11. The van der Waals surface area contributed by atoms with Crippen molar-refractivity contribution in [3.8, 4) is 17.1 Å². The van der Waals surface area contributed by atoms with Crippen molar-refractivity contribution in [2.45, 2.75) is 51.9 Å². The Morgan fingerprint density at radius 1 is 0.962 bits per heavy atom. The average molecular weight is 350 g/mol. The summed E-state index contributed by atoms with van der Waals surface area (Å²) in [5, 5.41) is 11.3. The molecule has 26 heavy (non-hydrogen) atoms. The summed E-state index contributed by atoms with van der Waals surface area (Å²) >= 11 is 0. The lowest BCUT2D eigenvalue weighted by atomic mass is 9.97. The molecule has 3 heteroatoms. The van der Waals surface area contributed by atoms with Crippen LogP contribution in [0.3, 0.4) is 0 Å². The summed E-state index contributed by atoms with van der Waals surface area (Å²) in [6.45, 7) is 2.20. The van der Waals surface area contributed by atoms with Crippen LogP contribution in [0.5, 0.6) is 5.75 Å². The molecule has 3 nitrogen and oxygen atoms in total. The number of phenols is 1. The smallest absolute Gasteiger partial charge is 0.163 e. The summed E-state index contributed by atoms with van der Waals surface area (Å²) in [6, 6.07) is 14.7. The maximum absolute atomic E-state index is 12.7. The number of carbonyl (C=O) groups excluding carboxylic acids is 1. The number of benzene rings is 2. The van der Waals surface area contributed by atoms with Crippen molar-refractivity contribution in [1.29, 1.82) is 0 Å². The number of furan rings is 1. The van der Waals surface area contributed by atoms with Crippen LogP contribution in [0.1, 0.15) is 62.2 Å². The molecule has 0 aliphatic heterocycles. The number of carbonyl (C=O) groups is 1. The fourth-order valence-corrected chi connectivity index (χ4v) is 3.34. The topological polar surface area (TPSA) is 50.4 Å². The standard InChI is InChI=1S/C23H26O3/c1-2-3-4-5-6-7-13-19(24)18-12-10-14-20(25)23(18)22-16-17-11-8-9-15-21(17)26-22/h8-12,14-16,25H,2-7,13H2,1H3. The molecular weight excluding hydrogens is 324 g/mol. The first-order valence-electron chi connectivity index (χ1n) is 9.55. The van der Waals surface area contributed by atoms with Crippen LogP contribution < -0.4 is 0 Å². The average Bonchev–Trinajstić information content (AvgIpc) is 3.07. The molecule has 2 aromatic carbocycles. The SMILES string of the molecule is CCCCCCCCC(=O)c1cccc(O)c1-c1cc2ccccc2o1. The molecule has 0 unspecified atom stereocenters. The minimum absolute atomic E-state index is 0.0619. The van der Waals surface area contributed by atoms with Gasteiger partial charge in [0.05, 0.1) is 5.56 Å². The van der Waals surface area contributed by atoms with Gasteiger partial charge in [-0.25, -0.2) is 0 Å². The molecule has 3 aromatic rings.